The number of aliphatic hydroxyl groups excluding tert-OH is 1. The monoisotopic (exact) mass is 1590 g/mol. The zero-order valence-corrected chi connectivity index (χ0v) is 65.8. The number of aliphatic hydroxyl groups is 1. The number of nitrogens with two attached hydrogens (primary N) is 1. The summed E-state index contributed by atoms with van der Waals surface area (Å²) in [6.07, 6.45) is 12.9. The molecule has 3 aromatic carbocycles. The Morgan fingerprint density at radius 3 is 1.49 bits per heavy atom. The zero-order chi connectivity index (χ0) is 82.6. The molecule has 4 heterocycles. The van der Waals surface area contributed by atoms with Gasteiger partial charge in [0.15, 0.2) is 0 Å². The van der Waals surface area contributed by atoms with Gasteiger partial charge in [0.1, 0.15) is 71.8 Å². The molecule has 33 nitrogen and oxygen atoms in total. The van der Waals surface area contributed by atoms with Crippen molar-refractivity contribution in [3.63, 3.8) is 0 Å². The molecule has 15 N–H and O–H groups in total. The predicted molar refractivity (Wildman–Crippen MR) is 423 cm³/mol. The van der Waals surface area contributed by atoms with Crippen LogP contribution in [0.5, 0.6) is 0 Å². The Kier molecular flexibility index (Phi) is 36.6. The molecule has 7 rings (SSSR count). The SMILES string of the molecule is CC(=O)N[C@H](Cc1ccc2ccccc2c1)C(=O)N[C@H](Cc1ccc(Cl)cc1)C(=O)N[C@H](Cc1cccnc1)C(=O)N[C@@H](CO)C(=O)N[C@@H](CCCCNC(=O)c1cnccn1)C(=O)N[C@H](CCCCNC(=O)c1cnccn1)C(=O)N[C@@H](CC(C)C)C(=O)N[C@@H](CCCCNC(C)C)C(=O)N1CCC[C@H]1C(=O)N[C@H](C)C(N)=O. The molecule has 0 aliphatic carbocycles. The van der Waals surface area contributed by atoms with Crippen LogP contribution in [0.1, 0.15) is 156 Å². The second kappa shape index (κ2) is 46.5. The number of rotatable bonds is 46. The van der Waals surface area contributed by atoms with Crippen molar-refractivity contribution in [3.05, 3.63) is 162 Å². The van der Waals surface area contributed by atoms with Gasteiger partial charge in [0, 0.05) is 94.1 Å². The first-order valence-electron chi connectivity index (χ1n) is 38.5. The third kappa shape index (κ3) is 29.9. The van der Waals surface area contributed by atoms with Crippen molar-refractivity contribution in [2.45, 2.75) is 204 Å². The molecule has 0 saturated carbocycles. The Morgan fingerprint density at radius 1 is 0.491 bits per heavy atom. The molecule has 13 amide bonds. The van der Waals surface area contributed by atoms with E-state index in [1.165, 1.54) is 68.3 Å². The molecule has 10 atom stereocenters. The first kappa shape index (κ1) is 89.8. The minimum Gasteiger partial charge on any atom is -0.394 e. The number of pyridine rings is 1. The molecule has 0 spiro atoms. The number of hydrogen-bond donors (Lipinski definition) is 14. The van der Waals surface area contributed by atoms with Gasteiger partial charge in [-0.05, 0) is 142 Å². The van der Waals surface area contributed by atoms with Crippen LogP contribution < -0.4 is 69.5 Å². The van der Waals surface area contributed by atoms with Crippen LogP contribution in [0.15, 0.2) is 128 Å². The second-order valence-corrected chi connectivity index (χ2v) is 29.3. The fraction of sp³-hybridized carbons (Fsp3) is 0.475. The lowest BCUT2D eigenvalue weighted by Crippen LogP contribution is -2.61. The van der Waals surface area contributed by atoms with Crippen LogP contribution in [0.3, 0.4) is 0 Å². The highest BCUT2D eigenvalue weighted by Gasteiger charge is 2.40. The van der Waals surface area contributed by atoms with Crippen molar-refractivity contribution >= 4 is 99.2 Å². The van der Waals surface area contributed by atoms with Gasteiger partial charge in [-0.2, -0.15) is 0 Å². The summed E-state index contributed by atoms with van der Waals surface area (Å²) >= 11 is 6.26. The first-order valence-corrected chi connectivity index (χ1v) is 38.9. The van der Waals surface area contributed by atoms with Crippen molar-refractivity contribution in [1.29, 1.82) is 0 Å². The number of amides is 13. The van der Waals surface area contributed by atoms with Gasteiger partial charge in [0.2, 0.25) is 65.0 Å². The van der Waals surface area contributed by atoms with Gasteiger partial charge in [-0.25, -0.2) is 9.97 Å². The van der Waals surface area contributed by atoms with Crippen LogP contribution >= 0.6 is 11.6 Å². The molecule has 1 aliphatic rings. The fourth-order valence-electron chi connectivity index (χ4n) is 12.8. The van der Waals surface area contributed by atoms with E-state index in [1.807, 2.05) is 70.2 Å². The topological polar surface area (TPSA) is 480 Å². The highest BCUT2D eigenvalue weighted by atomic mass is 35.5. The van der Waals surface area contributed by atoms with E-state index in [-0.39, 0.29) is 120 Å². The number of nitrogens with zero attached hydrogens (tertiary/aromatic N) is 6. The van der Waals surface area contributed by atoms with Crippen molar-refractivity contribution in [1.82, 2.24) is 93.6 Å². The summed E-state index contributed by atoms with van der Waals surface area (Å²) in [7, 11) is 0. The lowest BCUT2D eigenvalue weighted by Gasteiger charge is -2.31. The molecule has 0 bridgehead atoms. The quantitative estimate of drug-likeness (QED) is 0.0242. The summed E-state index contributed by atoms with van der Waals surface area (Å²) < 4.78 is 0. The Balaban J connectivity index is 1.15. The Bertz CT molecular complexity index is 4210. The van der Waals surface area contributed by atoms with Gasteiger partial charge in [-0.1, -0.05) is 100.0 Å². The Hall–Kier alpha value is -11.4. The molecule has 1 saturated heterocycles. The number of nitrogens with one attached hydrogen (secondary N) is 12. The van der Waals surface area contributed by atoms with Gasteiger partial charge in [0.05, 0.1) is 19.0 Å². The highest BCUT2D eigenvalue weighted by molar-refractivity contribution is 6.30. The van der Waals surface area contributed by atoms with E-state index in [1.54, 1.807) is 36.4 Å². The molecule has 114 heavy (non-hydrogen) atoms. The number of carbonyl (C=O) groups is 13. The largest absolute Gasteiger partial charge is 0.394 e. The van der Waals surface area contributed by atoms with Crippen molar-refractivity contribution in [2.75, 3.05) is 32.8 Å². The molecule has 0 unspecified atom stereocenters. The Morgan fingerprint density at radius 2 is 0.965 bits per heavy atom. The molecule has 34 heteroatoms. The average Bonchev–Trinajstić information content (AvgIpc) is 1.51. The summed E-state index contributed by atoms with van der Waals surface area (Å²) in [5, 5.41) is 46.5. The van der Waals surface area contributed by atoms with E-state index >= 15 is 9.59 Å². The third-order valence-corrected chi connectivity index (χ3v) is 19.1. The molecule has 1 aliphatic heterocycles. The molecule has 612 valence electrons. The van der Waals surface area contributed by atoms with Crippen LogP contribution in [0.25, 0.3) is 10.8 Å². The predicted octanol–water partition coefficient (Wildman–Crippen LogP) is 1.78. The van der Waals surface area contributed by atoms with Crippen LogP contribution in [0, 0.1) is 5.92 Å². The summed E-state index contributed by atoms with van der Waals surface area (Å²) in [5.41, 5.74) is 7.21. The van der Waals surface area contributed by atoms with E-state index in [0.29, 0.717) is 47.5 Å². The maximum Gasteiger partial charge on any atom is 0.271 e. The highest BCUT2D eigenvalue weighted by Crippen LogP contribution is 2.23. The maximum atomic E-state index is 15.2. The van der Waals surface area contributed by atoms with Crippen LogP contribution in [-0.2, 0) is 72.0 Å². The normalized spacial score (nSPS) is 14.9. The molecule has 6 aromatic rings. The first-order chi connectivity index (χ1) is 54.7. The third-order valence-electron chi connectivity index (χ3n) is 18.9. The smallest absolute Gasteiger partial charge is 0.271 e. The summed E-state index contributed by atoms with van der Waals surface area (Å²) in [4.78, 5) is 205. The van der Waals surface area contributed by atoms with Crippen LogP contribution in [-0.4, -0.2) is 211 Å². The maximum absolute atomic E-state index is 15.2. The number of fused-ring (bicyclic) bond motifs is 1. The minimum atomic E-state index is -1.84. The fourth-order valence-corrected chi connectivity index (χ4v) is 12.9. The number of primary amides is 1. The number of benzene rings is 3. The van der Waals surface area contributed by atoms with Gasteiger partial charge >= 0.3 is 0 Å². The lowest BCUT2D eigenvalue weighted by atomic mass is 9.99. The average molecular weight is 1590 g/mol. The van der Waals surface area contributed by atoms with Gasteiger partial charge in [-0.15, -0.1) is 0 Å². The van der Waals surface area contributed by atoms with E-state index in [4.69, 9.17) is 17.3 Å². The van der Waals surface area contributed by atoms with Gasteiger partial charge < -0.3 is 79.5 Å². The number of aromatic nitrogens is 5. The number of likely N-dealkylation sites (tertiary alicyclic amines) is 1. The van der Waals surface area contributed by atoms with Crippen molar-refractivity contribution in [2.24, 2.45) is 11.7 Å². The molecule has 0 radical (unpaired) electrons. The summed E-state index contributed by atoms with van der Waals surface area (Å²) in [5.74, 6) is -10.1. The van der Waals surface area contributed by atoms with Gasteiger partial charge in [-0.3, -0.25) is 77.3 Å². The number of hydrogen-bond acceptors (Lipinski definition) is 20. The zero-order valence-electron chi connectivity index (χ0n) is 65.1. The second-order valence-electron chi connectivity index (χ2n) is 28.9. The number of carbonyl (C=O) groups excluding carboxylic acids is 13. The minimum absolute atomic E-state index is 0.0208. The molecule has 1 fully saturated rings. The molecular formula is C80H106ClN19O14. The summed E-state index contributed by atoms with van der Waals surface area (Å²) in [6.45, 7) is 10.1. The lowest BCUT2D eigenvalue weighted by molar-refractivity contribution is -0.142. The molecular weight excluding hydrogens is 1490 g/mol. The number of halogens is 1. The van der Waals surface area contributed by atoms with Gasteiger partial charge in [0.25, 0.3) is 11.8 Å². The van der Waals surface area contributed by atoms with Crippen molar-refractivity contribution < 1.29 is 67.4 Å². The summed E-state index contributed by atoms with van der Waals surface area (Å²) in [6, 6.07) is 9.44. The number of unbranched alkanes of at least 4 members (excludes halogenated alkanes) is 3. The van der Waals surface area contributed by atoms with E-state index < -0.39 is 144 Å². The van der Waals surface area contributed by atoms with E-state index in [0.717, 1.165) is 10.8 Å². The van der Waals surface area contributed by atoms with E-state index in [9.17, 15) is 57.8 Å². The Labute approximate surface area is 667 Å². The van der Waals surface area contributed by atoms with E-state index in [2.05, 4.69) is 88.7 Å². The van der Waals surface area contributed by atoms with Crippen LogP contribution in [0.2, 0.25) is 5.02 Å². The van der Waals surface area contributed by atoms with Crippen LogP contribution in [0.4, 0.5) is 0 Å². The van der Waals surface area contributed by atoms with Crippen molar-refractivity contribution in [3.8, 4) is 0 Å². The molecule has 3 aromatic heterocycles. The standard InChI is InChI=1S/C80H106ClN19O14/c1-48(2)39-61(74(108)95-60(22-11-12-31-86-49(3)4)80(114)100-38-16-23-68(100)79(113)91-50(5)69(82)103)96-73(107)59(21-10-14-33-90-71(105)66-46-85-35-37-88-66)93-72(106)58(20-9-13-32-89-70(104)65-45-84-34-36-87-65)94-78(112)67(47-101)99-77(111)64(43-54-17-15-30-83-44-54)98-76(110)63(41-52-25-28-57(81)29-26-52)97-75(109)62(92-51(6)102)42-53-24-27-55-18-7-8-19-56(55)40-53/h7-8,15,17-19,24-30,34-37,40,44-46,48-50,58-64,67-68,86,101H,9-14,16,20-23,31-33,38-39,41-43,47H2,1-6H3,(H2,82,103)(H,89,104)(H,90,105)(H,91,113)(H,92,102)(H,93,106)(H,94,112)(H,95,108)(H,96,107)(H,97,109)(H,98,110)(H,99,111)/t50-,58+,59-,60+,61+,62-,63-,64-,67+,68+/m1/s1.